The van der Waals surface area contributed by atoms with E-state index in [9.17, 15) is 4.79 Å². The minimum Gasteiger partial charge on any atom is -0.305 e. The smallest absolute Gasteiger partial charge is 0.150 e. The standard InChI is InChI=1S/C11H23NOS/c1-6-11(13)10(12-8(2)3)7-14-9(4)5/h8-10,12H,6-7H2,1-5H3. The normalized spacial score (nSPS) is 13.6. The van der Waals surface area contributed by atoms with Gasteiger partial charge in [0.25, 0.3) is 0 Å². The molecule has 1 N–H and O–H groups in total. The fraction of sp³-hybridized carbons (Fsp3) is 0.909. The Kier molecular flexibility index (Phi) is 7.28. The summed E-state index contributed by atoms with van der Waals surface area (Å²) in [6.45, 7) is 10.4. The molecule has 0 heterocycles. The lowest BCUT2D eigenvalue weighted by molar-refractivity contribution is -0.120. The summed E-state index contributed by atoms with van der Waals surface area (Å²) in [5.74, 6) is 1.22. The molecule has 3 heteroatoms. The third-order valence-electron chi connectivity index (χ3n) is 1.87. The summed E-state index contributed by atoms with van der Waals surface area (Å²) in [7, 11) is 0. The van der Waals surface area contributed by atoms with Crippen LogP contribution in [0.15, 0.2) is 0 Å². The highest BCUT2D eigenvalue weighted by molar-refractivity contribution is 7.99. The highest BCUT2D eigenvalue weighted by Gasteiger charge is 2.17. The van der Waals surface area contributed by atoms with Gasteiger partial charge in [-0.3, -0.25) is 4.79 Å². The van der Waals surface area contributed by atoms with Gasteiger partial charge in [-0.2, -0.15) is 11.8 Å². The van der Waals surface area contributed by atoms with Crippen molar-refractivity contribution in [3.63, 3.8) is 0 Å². The Morgan fingerprint density at radius 1 is 1.29 bits per heavy atom. The van der Waals surface area contributed by atoms with E-state index in [1.165, 1.54) is 0 Å². The Morgan fingerprint density at radius 2 is 1.86 bits per heavy atom. The Labute approximate surface area is 92.2 Å². The Morgan fingerprint density at radius 3 is 2.21 bits per heavy atom. The van der Waals surface area contributed by atoms with Gasteiger partial charge in [0.1, 0.15) is 5.78 Å². The van der Waals surface area contributed by atoms with Crippen LogP contribution in [-0.4, -0.2) is 28.9 Å². The fourth-order valence-electron chi connectivity index (χ4n) is 1.17. The van der Waals surface area contributed by atoms with Crippen molar-refractivity contribution in [3.8, 4) is 0 Å². The van der Waals surface area contributed by atoms with Crippen molar-refractivity contribution in [1.29, 1.82) is 0 Å². The highest BCUT2D eigenvalue weighted by Crippen LogP contribution is 2.12. The maximum atomic E-state index is 11.6. The van der Waals surface area contributed by atoms with Crippen molar-refractivity contribution in [2.45, 2.75) is 58.4 Å². The topological polar surface area (TPSA) is 29.1 Å². The van der Waals surface area contributed by atoms with E-state index in [0.717, 1.165) is 5.75 Å². The van der Waals surface area contributed by atoms with Crippen molar-refractivity contribution >= 4 is 17.5 Å². The Balaban J connectivity index is 4.04. The molecule has 0 spiro atoms. The van der Waals surface area contributed by atoms with Crippen LogP contribution < -0.4 is 5.32 Å². The number of hydrogen-bond donors (Lipinski definition) is 1. The summed E-state index contributed by atoms with van der Waals surface area (Å²) in [6.07, 6.45) is 0.628. The SMILES string of the molecule is CCC(=O)C(CSC(C)C)NC(C)C. The monoisotopic (exact) mass is 217 g/mol. The van der Waals surface area contributed by atoms with E-state index < -0.39 is 0 Å². The molecule has 0 amide bonds. The first-order valence-corrected chi connectivity index (χ1v) is 6.42. The van der Waals surface area contributed by atoms with E-state index in [1.807, 2.05) is 18.7 Å². The van der Waals surface area contributed by atoms with E-state index in [0.29, 0.717) is 23.5 Å². The Hall–Kier alpha value is -0.0200. The van der Waals surface area contributed by atoms with Crippen LogP contribution in [0.3, 0.4) is 0 Å². The summed E-state index contributed by atoms with van der Waals surface area (Å²) >= 11 is 1.84. The van der Waals surface area contributed by atoms with E-state index in [4.69, 9.17) is 0 Å². The van der Waals surface area contributed by atoms with Gasteiger partial charge in [-0.15, -0.1) is 0 Å². The number of Topliss-reactive ketones (excluding diaryl/α,β-unsaturated/α-hetero) is 1. The van der Waals surface area contributed by atoms with Gasteiger partial charge in [0.2, 0.25) is 0 Å². The molecule has 0 aliphatic heterocycles. The second kappa shape index (κ2) is 7.30. The predicted octanol–water partition coefficient (Wildman–Crippen LogP) is 2.47. The molecular weight excluding hydrogens is 194 g/mol. The molecule has 1 unspecified atom stereocenters. The summed E-state index contributed by atoms with van der Waals surface area (Å²) in [5.41, 5.74) is 0. The second-order valence-electron chi connectivity index (χ2n) is 4.08. The molecule has 2 nitrogen and oxygen atoms in total. The minimum absolute atomic E-state index is 0.0346. The molecule has 0 saturated carbocycles. The summed E-state index contributed by atoms with van der Waals surface area (Å²) in [5, 5.41) is 3.91. The number of carbonyl (C=O) groups excluding carboxylic acids is 1. The van der Waals surface area contributed by atoms with Gasteiger partial charge < -0.3 is 5.32 Å². The zero-order valence-electron chi connectivity index (χ0n) is 9.96. The number of rotatable bonds is 7. The average Bonchev–Trinajstić information content (AvgIpc) is 2.10. The largest absolute Gasteiger partial charge is 0.305 e. The summed E-state index contributed by atoms with van der Waals surface area (Å²) in [4.78, 5) is 11.6. The maximum absolute atomic E-state index is 11.6. The molecule has 0 aliphatic rings. The van der Waals surface area contributed by atoms with E-state index in [2.05, 4.69) is 33.0 Å². The third-order valence-corrected chi connectivity index (χ3v) is 3.06. The molecule has 1 atom stereocenters. The number of hydrogen-bond acceptors (Lipinski definition) is 3. The lowest BCUT2D eigenvalue weighted by Crippen LogP contribution is -2.42. The molecule has 0 bridgehead atoms. The average molecular weight is 217 g/mol. The van der Waals surface area contributed by atoms with Crippen LogP contribution in [-0.2, 0) is 4.79 Å². The molecule has 0 rings (SSSR count). The summed E-state index contributed by atoms with van der Waals surface area (Å²) < 4.78 is 0. The molecule has 0 radical (unpaired) electrons. The molecule has 0 fully saturated rings. The highest BCUT2D eigenvalue weighted by atomic mass is 32.2. The fourth-order valence-corrected chi connectivity index (χ4v) is 2.03. The zero-order chi connectivity index (χ0) is 11.1. The van der Waals surface area contributed by atoms with Gasteiger partial charge in [0.05, 0.1) is 6.04 Å². The van der Waals surface area contributed by atoms with Crippen molar-refractivity contribution in [3.05, 3.63) is 0 Å². The molecule has 0 saturated heterocycles. The van der Waals surface area contributed by atoms with Crippen LogP contribution in [0.25, 0.3) is 0 Å². The second-order valence-corrected chi connectivity index (χ2v) is 5.69. The van der Waals surface area contributed by atoms with Crippen molar-refractivity contribution < 1.29 is 4.79 Å². The number of ketones is 1. The first-order chi connectivity index (χ1) is 6.47. The van der Waals surface area contributed by atoms with Gasteiger partial charge >= 0.3 is 0 Å². The van der Waals surface area contributed by atoms with E-state index >= 15 is 0 Å². The van der Waals surface area contributed by atoms with E-state index in [-0.39, 0.29) is 6.04 Å². The Bertz CT molecular complexity index is 169. The molecule has 0 aromatic carbocycles. The van der Waals surface area contributed by atoms with E-state index in [1.54, 1.807) is 0 Å². The van der Waals surface area contributed by atoms with Crippen LogP contribution in [0.1, 0.15) is 41.0 Å². The lowest BCUT2D eigenvalue weighted by atomic mass is 10.1. The first-order valence-electron chi connectivity index (χ1n) is 5.37. The van der Waals surface area contributed by atoms with Crippen LogP contribution in [0.5, 0.6) is 0 Å². The number of nitrogens with one attached hydrogen (secondary N) is 1. The molecule has 0 aliphatic carbocycles. The van der Waals surface area contributed by atoms with Crippen LogP contribution >= 0.6 is 11.8 Å². The van der Waals surface area contributed by atoms with Crippen molar-refractivity contribution in [2.24, 2.45) is 0 Å². The quantitative estimate of drug-likeness (QED) is 0.710. The van der Waals surface area contributed by atoms with Gasteiger partial charge in [-0.1, -0.05) is 34.6 Å². The van der Waals surface area contributed by atoms with Crippen LogP contribution in [0.4, 0.5) is 0 Å². The molecule has 0 aromatic rings. The molecule has 0 aromatic heterocycles. The molecule has 14 heavy (non-hydrogen) atoms. The van der Waals surface area contributed by atoms with Gasteiger partial charge in [-0.25, -0.2) is 0 Å². The zero-order valence-corrected chi connectivity index (χ0v) is 10.8. The van der Waals surface area contributed by atoms with Gasteiger partial charge in [0.15, 0.2) is 0 Å². The number of thioether (sulfide) groups is 1. The predicted molar refractivity (Wildman–Crippen MR) is 65.0 cm³/mol. The number of carbonyl (C=O) groups is 1. The van der Waals surface area contributed by atoms with Gasteiger partial charge in [0, 0.05) is 18.2 Å². The minimum atomic E-state index is 0.0346. The maximum Gasteiger partial charge on any atom is 0.150 e. The third kappa shape index (κ3) is 6.44. The lowest BCUT2D eigenvalue weighted by Gasteiger charge is -2.20. The molecular formula is C11H23NOS. The van der Waals surface area contributed by atoms with Crippen molar-refractivity contribution in [2.75, 3.05) is 5.75 Å². The van der Waals surface area contributed by atoms with Crippen molar-refractivity contribution in [1.82, 2.24) is 5.32 Å². The van der Waals surface area contributed by atoms with Gasteiger partial charge in [-0.05, 0) is 5.25 Å². The van der Waals surface area contributed by atoms with Crippen LogP contribution in [0, 0.1) is 0 Å². The first kappa shape index (κ1) is 14.0. The van der Waals surface area contributed by atoms with Crippen LogP contribution in [0.2, 0.25) is 0 Å². The molecule has 84 valence electrons. The summed E-state index contributed by atoms with van der Waals surface area (Å²) in [6, 6.07) is 0.413.